The van der Waals surface area contributed by atoms with Crippen LogP contribution in [-0.2, 0) is 18.9 Å². The van der Waals surface area contributed by atoms with Crippen molar-refractivity contribution in [2.24, 2.45) is 0 Å². The van der Waals surface area contributed by atoms with Crippen LogP contribution in [0.2, 0.25) is 0 Å². The van der Waals surface area contributed by atoms with Gasteiger partial charge < -0.3 is 29.4 Å². The van der Waals surface area contributed by atoms with Crippen molar-refractivity contribution in [1.82, 2.24) is 10.6 Å². The third-order valence-corrected chi connectivity index (χ3v) is 6.80. The van der Waals surface area contributed by atoms with E-state index in [0.717, 1.165) is 15.7 Å². The molecule has 222 valence electrons. The maximum Gasteiger partial charge on any atom is 0.494 e. The molecule has 0 aromatic heterocycles. The molecule has 2 N–H and O–H groups in total. The second kappa shape index (κ2) is 18.0. The number of halogens is 1. The highest BCUT2D eigenvalue weighted by Gasteiger charge is 2.54. The summed E-state index contributed by atoms with van der Waals surface area (Å²) in [6.45, 7) is 17.1. The molecule has 10 heteroatoms. The van der Waals surface area contributed by atoms with Crippen LogP contribution in [0.3, 0.4) is 0 Å². The van der Waals surface area contributed by atoms with Gasteiger partial charge in [0.2, 0.25) is 11.8 Å². The van der Waals surface area contributed by atoms with Gasteiger partial charge in [0.25, 0.3) is 0 Å². The second-order valence-corrected chi connectivity index (χ2v) is 10.3. The lowest BCUT2D eigenvalue weighted by Gasteiger charge is -2.36. The van der Waals surface area contributed by atoms with Crippen LogP contribution in [0.5, 0.6) is 11.5 Å². The Balaban J connectivity index is 0.00000191. The van der Waals surface area contributed by atoms with Crippen LogP contribution in [-0.4, -0.2) is 56.4 Å². The lowest BCUT2D eigenvalue weighted by Crippen LogP contribution is -2.45. The molecule has 2 aromatic rings. The van der Waals surface area contributed by atoms with Crippen molar-refractivity contribution in [3.8, 4) is 11.5 Å². The number of carbonyl (C=O) groups is 2. The van der Waals surface area contributed by atoms with E-state index in [4.69, 9.17) is 18.8 Å². The highest BCUT2D eigenvalue weighted by Crippen LogP contribution is 2.40. The quantitative estimate of drug-likeness (QED) is 0.248. The normalized spacial score (nSPS) is 17.0. The number of hydrogen-bond acceptors (Lipinski definition) is 6. The summed E-state index contributed by atoms with van der Waals surface area (Å²) in [5.41, 5.74) is -0.359. The Morgan fingerprint density at radius 3 is 1.85 bits per heavy atom. The lowest BCUT2D eigenvalue weighted by atomic mass is 9.79. The molecule has 0 saturated carbocycles. The van der Waals surface area contributed by atoms with Gasteiger partial charge in [-0.1, -0.05) is 55.8 Å². The van der Waals surface area contributed by atoms with Crippen LogP contribution in [0.4, 0.5) is 0 Å². The van der Waals surface area contributed by atoms with Gasteiger partial charge in [0.1, 0.15) is 24.7 Å². The van der Waals surface area contributed by atoms with Crippen molar-refractivity contribution in [2.45, 2.75) is 79.4 Å². The van der Waals surface area contributed by atoms with Gasteiger partial charge in [-0.2, -0.15) is 0 Å². The summed E-state index contributed by atoms with van der Waals surface area (Å²) in [5, 5.41) is 5.59. The number of ether oxygens (including phenoxy) is 2. The van der Waals surface area contributed by atoms with E-state index >= 15 is 0 Å². The maximum atomic E-state index is 12.4. The topological polar surface area (TPSA) is 95.1 Å². The number of rotatable bonds is 12. The van der Waals surface area contributed by atoms with Crippen molar-refractivity contribution in [1.29, 1.82) is 0 Å². The fourth-order valence-electron chi connectivity index (χ4n) is 3.74. The third-order valence-electron chi connectivity index (χ3n) is 6.28. The minimum atomic E-state index is -0.642. The summed E-state index contributed by atoms with van der Waals surface area (Å²) < 4.78 is 24.8. The molecule has 2 aromatic carbocycles. The molecule has 1 atom stereocenters. The molecule has 1 aliphatic heterocycles. The third kappa shape index (κ3) is 11.5. The molecule has 0 aliphatic carbocycles. The molecule has 40 heavy (non-hydrogen) atoms. The Morgan fingerprint density at radius 1 is 0.825 bits per heavy atom. The van der Waals surface area contributed by atoms with Crippen LogP contribution in [0.15, 0.2) is 53.0 Å². The second-order valence-electron chi connectivity index (χ2n) is 9.36. The van der Waals surface area contributed by atoms with Gasteiger partial charge in [-0.15, -0.1) is 0 Å². The number of nitrogens with one attached hydrogen (secondary N) is 2. The molecule has 0 radical (unpaired) electrons. The average Bonchev–Trinajstić information content (AvgIpc) is 3.20. The van der Waals surface area contributed by atoms with Crippen molar-refractivity contribution >= 4 is 40.3 Å². The minimum Gasteiger partial charge on any atom is -0.492 e. The first-order valence-corrected chi connectivity index (χ1v) is 14.9. The molecule has 1 saturated heterocycles. The first-order valence-electron chi connectivity index (χ1n) is 14.1. The Labute approximate surface area is 249 Å². The van der Waals surface area contributed by atoms with Gasteiger partial charge in [-0.25, -0.2) is 0 Å². The predicted octanol–water partition coefficient (Wildman–Crippen LogP) is 5.27. The van der Waals surface area contributed by atoms with Crippen LogP contribution in [0, 0.1) is 0 Å². The fraction of sp³-hybridized carbons (Fsp3) is 0.533. The van der Waals surface area contributed by atoms with E-state index in [9.17, 15) is 9.59 Å². The number of benzene rings is 2. The standard InChI is InChI=1S/C26H34BBrN2O6.2C2H6/c1-19(31)29-15-17-33-22-9-5-20(6-10-22)27-35-25(2,3)26(4,36-27)14-13-24(32)30-16-18-34-23-11-7-21(28)8-12-23;2*1-2/h5-12H,13-18H2,1-4H3,(H,29,31)(H,30,32);2*1-2H3. The number of carbonyl (C=O) groups excluding carboxylic acids is 2. The predicted molar refractivity (Wildman–Crippen MR) is 165 cm³/mol. The van der Waals surface area contributed by atoms with E-state index in [-0.39, 0.29) is 11.8 Å². The monoisotopic (exact) mass is 620 g/mol. The zero-order valence-corrected chi connectivity index (χ0v) is 26.9. The summed E-state index contributed by atoms with van der Waals surface area (Å²) in [4.78, 5) is 23.4. The van der Waals surface area contributed by atoms with Crippen LogP contribution >= 0.6 is 15.9 Å². The minimum absolute atomic E-state index is 0.0563. The Hall–Kier alpha value is -2.56. The average molecular weight is 621 g/mol. The van der Waals surface area contributed by atoms with E-state index in [1.54, 1.807) is 0 Å². The molecule has 1 heterocycles. The fourth-order valence-corrected chi connectivity index (χ4v) is 4.00. The zero-order chi connectivity index (χ0) is 30.2. The number of amides is 2. The SMILES string of the molecule is CC.CC.CC(=O)NCCOc1ccc(B2OC(C)(C)C(C)(CCC(=O)NCCOc3ccc(Br)cc3)O2)cc1. The highest BCUT2D eigenvalue weighted by molar-refractivity contribution is 9.10. The van der Waals surface area contributed by atoms with Gasteiger partial charge in [-0.3, -0.25) is 9.59 Å². The summed E-state index contributed by atoms with van der Waals surface area (Å²) in [6.07, 6.45) is 0.829. The van der Waals surface area contributed by atoms with Gasteiger partial charge in [0.15, 0.2) is 0 Å². The molecule has 1 aliphatic rings. The van der Waals surface area contributed by atoms with Crippen molar-refractivity contribution in [2.75, 3.05) is 26.3 Å². The summed E-state index contributed by atoms with van der Waals surface area (Å²) in [6, 6.07) is 15.1. The summed E-state index contributed by atoms with van der Waals surface area (Å²) >= 11 is 3.39. The van der Waals surface area contributed by atoms with Crippen LogP contribution in [0.25, 0.3) is 0 Å². The van der Waals surface area contributed by atoms with Gasteiger partial charge in [-0.05, 0) is 69.1 Å². The Kier molecular flexibility index (Phi) is 16.0. The van der Waals surface area contributed by atoms with Crippen molar-refractivity contribution < 1.29 is 28.4 Å². The molecule has 8 nitrogen and oxygen atoms in total. The molecule has 1 unspecified atom stereocenters. The molecular weight excluding hydrogens is 575 g/mol. The number of hydrogen-bond donors (Lipinski definition) is 2. The van der Waals surface area contributed by atoms with E-state index in [2.05, 4.69) is 26.6 Å². The van der Waals surface area contributed by atoms with E-state index in [1.165, 1.54) is 6.92 Å². The zero-order valence-electron chi connectivity index (χ0n) is 25.3. The maximum absolute atomic E-state index is 12.4. The van der Waals surface area contributed by atoms with E-state index in [0.29, 0.717) is 44.9 Å². The van der Waals surface area contributed by atoms with Gasteiger partial charge >= 0.3 is 7.12 Å². The molecule has 1 fully saturated rings. The molecule has 3 rings (SSSR count). The Morgan fingerprint density at radius 2 is 1.32 bits per heavy atom. The summed E-state index contributed by atoms with van der Waals surface area (Å²) in [7, 11) is -0.541. The smallest absolute Gasteiger partial charge is 0.492 e. The Bertz CT molecular complexity index is 1020. The van der Waals surface area contributed by atoms with Crippen molar-refractivity contribution in [3.63, 3.8) is 0 Å². The highest BCUT2D eigenvalue weighted by atomic mass is 79.9. The molecular formula is C30H46BBrN2O6. The first kappa shape index (κ1) is 35.5. The molecule has 2 amide bonds. The molecule has 0 spiro atoms. The van der Waals surface area contributed by atoms with Crippen LogP contribution in [0.1, 0.15) is 68.2 Å². The summed E-state index contributed by atoms with van der Waals surface area (Å²) in [5.74, 6) is 1.32. The van der Waals surface area contributed by atoms with E-state index < -0.39 is 18.3 Å². The van der Waals surface area contributed by atoms with Crippen LogP contribution < -0.4 is 25.6 Å². The lowest BCUT2D eigenvalue weighted by molar-refractivity contribution is -0.123. The molecule has 0 bridgehead atoms. The van der Waals surface area contributed by atoms with Gasteiger partial charge in [0.05, 0.1) is 24.3 Å². The van der Waals surface area contributed by atoms with Gasteiger partial charge in [0, 0.05) is 17.8 Å². The van der Waals surface area contributed by atoms with E-state index in [1.807, 2.05) is 97.0 Å². The first-order chi connectivity index (χ1) is 19.1. The van der Waals surface area contributed by atoms with Crippen molar-refractivity contribution in [3.05, 3.63) is 53.0 Å². The largest absolute Gasteiger partial charge is 0.494 e.